The lowest BCUT2D eigenvalue weighted by atomic mass is 10.1. The number of thiazole rings is 1. The molecule has 0 fully saturated rings. The van der Waals surface area contributed by atoms with E-state index in [1.807, 2.05) is 30.5 Å². The predicted octanol–water partition coefficient (Wildman–Crippen LogP) is 2.20. The first kappa shape index (κ1) is 15.6. The van der Waals surface area contributed by atoms with E-state index in [0.29, 0.717) is 18.0 Å². The number of hydrogen-bond acceptors (Lipinski definition) is 4. The van der Waals surface area contributed by atoms with Crippen LogP contribution in [-0.2, 0) is 24.2 Å². The molecule has 0 radical (unpaired) electrons. The molecule has 0 aliphatic rings. The SMILES string of the molecule is CCc1cnc(CNC(=O)Cc2ccc(C(N)=S)cc2)s1. The first-order valence-corrected chi connectivity index (χ1v) is 7.90. The first-order valence-electron chi connectivity index (χ1n) is 6.67. The fourth-order valence-electron chi connectivity index (χ4n) is 1.80. The minimum Gasteiger partial charge on any atom is -0.389 e. The number of rotatable bonds is 6. The third kappa shape index (κ3) is 4.61. The van der Waals surface area contributed by atoms with E-state index in [4.69, 9.17) is 18.0 Å². The molecule has 0 spiro atoms. The van der Waals surface area contributed by atoms with Crippen LogP contribution in [0.1, 0.15) is 27.9 Å². The normalized spacial score (nSPS) is 10.3. The molecule has 0 bridgehead atoms. The second-order valence-electron chi connectivity index (χ2n) is 4.59. The number of amides is 1. The van der Waals surface area contributed by atoms with Gasteiger partial charge in [0.05, 0.1) is 13.0 Å². The molecular weight excluding hydrogens is 302 g/mol. The predicted molar refractivity (Wildman–Crippen MR) is 89.4 cm³/mol. The highest BCUT2D eigenvalue weighted by Crippen LogP contribution is 2.13. The number of benzene rings is 1. The standard InChI is InChI=1S/C15H17N3OS2/c1-2-12-8-18-14(21-12)9-17-13(19)7-10-3-5-11(6-4-10)15(16)20/h3-6,8H,2,7,9H2,1H3,(H2,16,20)(H,17,19). The van der Waals surface area contributed by atoms with Crippen molar-refractivity contribution in [3.8, 4) is 0 Å². The molecule has 0 saturated heterocycles. The molecule has 1 amide bonds. The summed E-state index contributed by atoms with van der Waals surface area (Å²) in [5.74, 6) is -0.0219. The van der Waals surface area contributed by atoms with Crippen LogP contribution in [0.2, 0.25) is 0 Å². The zero-order valence-corrected chi connectivity index (χ0v) is 13.4. The van der Waals surface area contributed by atoms with Gasteiger partial charge in [0.15, 0.2) is 0 Å². The molecule has 2 rings (SSSR count). The van der Waals surface area contributed by atoms with Gasteiger partial charge in [0.25, 0.3) is 0 Å². The average Bonchev–Trinajstić information content (AvgIpc) is 2.94. The van der Waals surface area contributed by atoms with Crippen molar-refractivity contribution in [2.75, 3.05) is 0 Å². The topological polar surface area (TPSA) is 68.0 Å². The molecule has 1 heterocycles. The highest BCUT2D eigenvalue weighted by Gasteiger charge is 2.06. The maximum absolute atomic E-state index is 11.9. The number of nitrogens with one attached hydrogen (secondary N) is 1. The quantitative estimate of drug-likeness (QED) is 0.801. The van der Waals surface area contributed by atoms with Crippen molar-refractivity contribution in [3.05, 3.63) is 51.5 Å². The molecule has 3 N–H and O–H groups in total. The minimum absolute atomic E-state index is 0.0219. The smallest absolute Gasteiger partial charge is 0.224 e. The van der Waals surface area contributed by atoms with Crippen molar-refractivity contribution in [1.29, 1.82) is 0 Å². The van der Waals surface area contributed by atoms with Crippen LogP contribution in [-0.4, -0.2) is 15.9 Å². The Morgan fingerprint density at radius 3 is 2.67 bits per heavy atom. The lowest BCUT2D eigenvalue weighted by Crippen LogP contribution is -2.24. The maximum atomic E-state index is 11.9. The van der Waals surface area contributed by atoms with Crippen molar-refractivity contribution in [2.24, 2.45) is 5.73 Å². The number of aromatic nitrogens is 1. The Bertz CT molecular complexity index is 635. The number of carbonyl (C=O) groups is 1. The molecule has 0 saturated carbocycles. The van der Waals surface area contributed by atoms with Gasteiger partial charge in [-0.25, -0.2) is 4.98 Å². The van der Waals surface area contributed by atoms with Crippen molar-refractivity contribution >= 4 is 34.5 Å². The third-order valence-corrected chi connectivity index (χ3v) is 4.37. The van der Waals surface area contributed by atoms with Gasteiger partial charge in [0.1, 0.15) is 10.00 Å². The summed E-state index contributed by atoms with van der Waals surface area (Å²) in [5.41, 5.74) is 7.28. The molecule has 6 heteroatoms. The molecule has 21 heavy (non-hydrogen) atoms. The Labute approximate surface area is 133 Å². The zero-order chi connectivity index (χ0) is 15.2. The van der Waals surface area contributed by atoms with E-state index in [1.165, 1.54) is 4.88 Å². The summed E-state index contributed by atoms with van der Waals surface area (Å²) in [6.07, 6.45) is 3.17. The molecule has 1 aromatic heterocycles. The summed E-state index contributed by atoms with van der Waals surface area (Å²) in [6.45, 7) is 2.57. The van der Waals surface area contributed by atoms with Gasteiger partial charge in [-0.2, -0.15) is 0 Å². The minimum atomic E-state index is -0.0219. The second kappa shape index (κ2) is 7.28. The summed E-state index contributed by atoms with van der Waals surface area (Å²) in [7, 11) is 0. The zero-order valence-electron chi connectivity index (χ0n) is 11.8. The van der Waals surface area contributed by atoms with E-state index < -0.39 is 0 Å². The van der Waals surface area contributed by atoms with E-state index >= 15 is 0 Å². The van der Waals surface area contributed by atoms with E-state index in [-0.39, 0.29) is 5.91 Å². The number of aryl methyl sites for hydroxylation is 1. The highest BCUT2D eigenvalue weighted by atomic mass is 32.1. The summed E-state index contributed by atoms with van der Waals surface area (Å²) < 4.78 is 0. The van der Waals surface area contributed by atoms with Gasteiger partial charge < -0.3 is 11.1 Å². The monoisotopic (exact) mass is 319 g/mol. The van der Waals surface area contributed by atoms with Gasteiger partial charge in [0, 0.05) is 16.6 Å². The summed E-state index contributed by atoms with van der Waals surface area (Å²) in [6, 6.07) is 7.40. The van der Waals surface area contributed by atoms with Crippen LogP contribution in [0.4, 0.5) is 0 Å². The summed E-state index contributed by atoms with van der Waals surface area (Å²) >= 11 is 6.53. The molecule has 0 aliphatic carbocycles. The van der Waals surface area contributed by atoms with Crippen molar-refractivity contribution < 1.29 is 4.79 Å². The molecule has 2 aromatic rings. The largest absolute Gasteiger partial charge is 0.389 e. The fourth-order valence-corrected chi connectivity index (χ4v) is 2.74. The average molecular weight is 319 g/mol. The van der Waals surface area contributed by atoms with Crippen molar-refractivity contribution in [2.45, 2.75) is 26.3 Å². The molecule has 0 unspecified atom stereocenters. The van der Waals surface area contributed by atoms with Crippen LogP contribution in [0.15, 0.2) is 30.5 Å². The number of nitrogens with two attached hydrogens (primary N) is 1. The van der Waals surface area contributed by atoms with Crippen LogP contribution >= 0.6 is 23.6 Å². The van der Waals surface area contributed by atoms with E-state index in [0.717, 1.165) is 22.6 Å². The molecule has 110 valence electrons. The van der Waals surface area contributed by atoms with Gasteiger partial charge in [0.2, 0.25) is 5.91 Å². The van der Waals surface area contributed by atoms with Crippen LogP contribution in [0.3, 0.4) is 0 Å². The number of carbonyl (C=O) groups excluding carboxylic acids is 1. The second-order valence-corrected chi connectivity index (χ2v) is 6.23. The fraction of sp³-hybridized carbons (Fsp3) is 0.267. The van der Waals surface area contributed by atoms with E-state index in [1.54, 1.807) is 11.3 Å². The number of thiocarbonyl (C=S) groups is 1. The lowest BCUT2D eigenvalue weighted by molar-refractivity contribution is -0.120. The Hall–Kier alpha value is -1.79. The Morgan fingerprint density at radius 1 is 1.38 bits per heavy atom. The molecule has 0 atom stereocenters. The highest BCUT2D eigenvalue weighted by molar-refractivity contribution is 7.80. The Balaban J connectivity index is 1.85. The molecular formula is C15H17N3OS2. The van der Waals surface area contributed by atoms with E-state index in [9.17, 15) is 4.79 Å². The van der Waals surface area contributed by atoms with Gasteiger partial charge >= 0.3 is 0 Å². The first-order chi connectivity index (χ1) is 10.1. The maximum Gasteiger partial charge on any atom is 0.224 e. The molecule has 4 nitrogen and oxygen atoms in total. The van der Waals surface area contributed by atoms with Crippen molar-refractivity contribution in [3.63, 3.8) is 0 Å². The molecule has 1 aromatic carbocycles. The van der Waals surface area contributed by atoms with Gasteiger partial charge in [-0.3, -0.25) is 4.79 Å². The summed E-state index contributed by atoms with van der Waals surface area (Å²) in [4.78, 5) is 17.8. The number of nitrogens with zero attached hydrogens (tertiary/aromatic N) is 1. The molecule has 0 aliphatic heterocycles. The van der Waals surface area contributed by atoms with Crippen LogP contribution < -0.4 is 11.1 Å². The van der Waals surface area contributed by atoms with Crippen LogP contribution in [0, 0.1) is 0 Å². The Kier molecular flexibility index (Phi) is 5.41. The third-order valence-electron chi connectivity index (χ3n) is 2.99. The van der Waals surface area contributed by atoms with Gasteiger partial charge in [-0.1, -0.05) is 43.4 Å². The number of hydrogen-bond donors (Lipinski definition) is 2. The van der Waals surface area contributed by atoms with E-state index in [2.05, 4.69) is 17.2 Å². The van der Waals surface area contributed by atoms with Gasteiger partial charge in [-0.15, -0.1) is 11.3 Å². The Morgan fingerprint density at radius 2 is 2.10 bits per heavy atom. The lowest BCUT2D eigenvalue weighted by Gasteiger charge is -2.04. The van der Waals surface area contributed by atoms with Gasteiger partial charge in [-0.05, 0) is 12.0 Å². The summed E-state index contributed by atoms with van der Waals surface area (Å²) in [5, 5.41) is 3.82. The van der Waals surface area contributed by atoms with Crippen LogP contribution in [0.25, 0.3) is 0 Å². The van der Waals surface area contributed by atoms with Crippen molar-refractivity contribution in [1.82, 2.24) is 10.3 Å². The van der Waals surface area contributed by atoms with Crippen LogP contribution in [0.5, 0.6) is 0 Å².